The molecule has 0 aromatic heterocycles. The fourth-order valence-corrected chi connectivity index (χ4v) is 5.38. The molecule has 1 aromatic carbocycles. The summed E-state index contributed by atoms with van der Waals surface area (Å²) in [5, 5.41) is 0. The SMILES string of the molecule is O=S(=O)(c1ccccc1)N1CCC[C@H]2CCCC[C@@H]21. The van der Waals surface area contributed by atoms with Crippen LogP contribution in [0.2, 0.25) is 0 Å². The summed E-state index contributed by atoms with van der Waals surface area (Å²) in [6.07, 6.45) is 6.88. The van der Waals surface area contributed by atoms with Crippen molar-refractivity contribution in [1.82, 2.24) is 4.31 Å². The van der Waals surface area contributed by atoms with E-state index in [9.17, 15) is 8.42 Å². The monoisotopic (exact) mass is 279 g/mol. The summed E-state index contributed by atoms with van der Waals surface area (Å²) in [5.41, 5.74) is 0. The highest BCUT2D eigenvalue weighted by molar-refractivity contribution is 7.89. The van der Waals surface area contributed by atoms with E-state index in [0.29, 0.717) is 17.4 Å². The standard InChI is InChI=1S/C15H21NO2S/c17-19(18,14-9-2-1-3-10-14)16-12-6-8-13-7-4-5-11-15(13)16/h1-3,9-10,13,15H,4-8,11-12H2/t13-,15+/m1/s1. The van der Waals surface area contributed by atoms with Gasteiger partial charge in [0.2, 0.25) is 10.0 Å². The van der Waals surface area contributed by atoms with Crippen molar-refractivity contribution in [3.63, 3.8) is 0 Å². The molecule has 1 heterocycles. The normalized spacial score (nSPS) is 28.8. The van der Waals surface area contributed by atoms with Gasteiger partial charge in [0.15, 0.2) is 0 Å². The van der Waals surface area contributed by atoms with Gasteiger partial charge in [-0.3, -0.25) is 0 Å². The number of fused-ring (bicyclic) bond motifs is 1. The van der Waals surface area contributed by atoms with Crippen LogP contribution in [0.1, 0.15) is 38.5 Å². The zero-order valence-corrected chi connectivity index (χ0v) is 12.0. The van der Waals surface area contributed by atoms with Crippen LogP contribution in [0.15, 0.2) is 35.2 Å². The maximum Gasteiger partial charge on any atom is 0.243 e. The van der Waals surface area contributed by atoms with Gasteiger partial charge in [-0.1, -0.05) is 31.0 Å². The number of rotatable bonds is 2. The second kappa shape index (κ2) is 5.25. The van der Waals surface area contributed by atoms with Gasteiger partial charge in [-0.25, -0.2) is 8.42 Å². The van der Waals surface area contributed by atoms with Gasteiger partial charge in [-0.05, 0) is 43.7 Å². The molecule has 2 fully saturated rings. The van der Waals surface area contributed by atoms with Crippen molar-refractivity contribution in [3.8, 4) is 0 Å². The van der Waals surface area contributed by atoms with Crippen molar-refractivity contribution in [2.24, 2.45) is 5.92 Å². The third kappa shape index (κ3) is 2.43. The van der Waals surface area contributed by atoms with E-state index >= 15 is 0 Å². The molecule has 0 amide bonds. The molecule has 0 spiro atoms. The molecule has 4 heteroatoms. The first kappa shape index (κ1) is 13.1. The summed E-state index contributed by atoms with van der Waals surface area (Å²) in [6.45, 7) is 0.693. The number of piperidine rings is 1. The van der Waals surface area contributed by atoms with Crippen LogP contribution in [0.25, 0.3) is 0 Å². The lowest BCUT2D eigenvalue weighted by Gasteiger charge is -2.43. The van der Waals surface area contributed by atoms with Gasteiger partial charge in [-0.2, -0.15) is 4.31 Å². The molecule has 2 aliphatic rings. The van der Waals surface area contributed by atoms with Crippen LogP contribution in [0, 0.1) is 5.92 Å². The lowest BCUT2D eigenvalue weighted by Crippen LogP contribution is -2.49. The maximum absolute atomic E-state index is 12.8. The molecule has 3 nitrogen and oxygen atoms in total. The van der Waals surface area contributed by atoms with Crippen LogP contribution in [-0.4, -0.2) is 25.3 Å². The van der Waals surface area contributed by atoms with Gasteiger partial charge in [0.1, 0.15) is 0 Å². The highest BCUT2D eigenvalue weighted by Crippen LogP contribution is 2.37. The third-order valence-electron chi connectivity index (χ3n) is 4.54. The minimum absolute atomic E-state index is 0.243. The Morgan fingerprint density at radius 1 is 0.947 bits per heavy atom. The molecule has 0 N–H and O–H groups in total. The van der Waals surface area contributed by atoms with Crippen molar-refractivity contribution in [2.45, 2.75) is 49.5 Å². The molecule has 2 atom stereocenters. The number of benzene rings is 1. The predicted octanol–water partition coefficient (Wildman–Crippen LogP) is 3.03. The van der Waals surface area contributed by atoms with Crippen LogP contribution in [0.3, 0.4) is 0 Å². The molecule has 0 bridgehead atoms. The minimum Gasteiger partial charge on any atom is -0.207 e. The van der Waals surface area contributed by atoms with Crippen molar-refractivity contribution < 1.29 is 8.42 Å². The first-order chi connectivity index (χ1) is 9.19. The van der Waals surface area contributed by atoms with Crippen LogP contribution < -0.4 is 0 Å². The van der Waals surface area contributed by atoms with Crippen LogP contribution in [0.5, 0.6) is 0 Å². The zero-order valence-electron chi connectivity index (χ0n) is 11.2. The molecule has 1 aromatic rings. The molecule has 1 aliphatic heterocycles. The van der Waals surface area contributed by atoms with Crippen LogP contribution in [-0.2, 0) is 10.0 Å². The molecule has 0 unspecified atom stereocenters. The van der Waals surface area contributed by atoms with Crippen molar-refractivity contribution in [2.75, 3.05) is 6.54 Å². The van der Waals surface area contributed by atoms with Crippen molar-refractivity contribution in [1.29, 1.82) is 0 Å². The van der Waals surface area contributed by atoms with E-state index in [4.69, 9.17) is 0 Å². The van der Waals surface area contributed by atoms with E-state index in [1.807, 2.05) is 6.07 Å². The largest absolute Gasteiger partial charge is 0.243 e. The molecule has 1 aliphatic carbocycles. The number of hydrogen-bond donors (Lipinski definition) is 0. The van der Waals surface area contributed by atoms with Crippen LogP contribution >= 0.6 is 0 Å². The highest BCUT2D eigenvalue weighted by atomic mass is 32.2. The summed E-state index contributed by atoms with van der Waals surface area (Å²) in [7, 11) is -3.30. The predicted molar refractivity (Wildman–Crippen MR) is 75.3 cm³/mol. The fraction of sp³-hybridized carbons (Fsp3) is 0.600. The second-order valence-electron chi connectivity index (χ2n) is 5.68. The molecule has 0 radical (unpaired) electrons. The Labute approximate surface area is 115 Å². The van der Waals surface area contributed by atoms with E-state index in [-0.39, 0.29) is 6.04 Å². The van der Waals surface area contributed by atoms with E-state index in [2.05, 4.69) is 0 Å². The average Bonchev–Trinajstić information content (AvgIpc) is 2.47. The number of sulfonamides is 1. The Kier molecular flexibility index (Phi) is 3.63. The van der Waals surface area contributed by atoms with Crippen molar-refractivity contribution in [3.05, 3.63) is 30.3 Å². The highest BCUT2D eigenvalue weighted by Gasteiger charge is 2.39. The number of nitrogens with zero attached hydrogens (tertiary/aromatic N) is 1. The van der Waals surface area contributed by atoms with Gasteiger partial charge in [-0.15, -0.1) is 0 Å². The molecular formula is C15H21NO2S. The van der Waals surface area contributed by atoms with Crippen molar-refractivity contribution >= 4 is 10.0 Å². The molecule has 104 valence electrons. The van der Waals surface area contributed by atoms with Gasteiger partial charge in [0.05, 0.1) is 4.90 Å². The Morgan fingerprint density at radius 2 is 1.63 bits per heavy atom. The van der Waals surface area contributed by atoms with E-state index in [1.165, 1.54) is 25.7 Å². The number of hydrogen-bond acceptors (Lipinski definition) is 2. The van der Waals surface area contributed by atoms with E-state index in [0.717, 1.165) is 12.8 Å². The average molecular weight is 279 g/mol. The zero-order chi connectivity index (χ0) is 13.3. The quantitative estimate of drug-likeness (QED) is 0.834. The second-order valence-corrected chi connectivity index (χ2v) is 7.57. The summed E-state index contributed by atoms with van der Waals surface area (Å²) < 4.78 is 27.3. The Balaban J connectivity index is 1.91. The maximum atomic E-state index is 12.8. The summed E-state index contributed by atoms with van der Waals surface area (Å²) in [4.78, 5) is 0.446. The molecule has 19 heavy (non-hydrogen) atoms. The smallest absolute Gasteiger partial charge is 0.207 e. The fourth-order valence-electron chi connectivity index (χ4n) is 3.61. The van der Waals surface area contributed by atoms with Gasteiger partial charge in [0, 0.05) is 12.6 Å². The first-order valence-electron chi connectivity index (χ1n) is 7.26. The molecule has 1 saturated carbocycles. The summed E-state index contributed by atoms with van der Waals surface area (Å²) in [5.74, 6) is 0.584. The summed E-state index contributed by atoms with van der Waals surface area (Å²) >= 11 is 0. The summed E-state index contributed by atoms with van der Waals surface area (Å²) in [6, 6.07) is 9.12. The van der Waals surface area contributed by atoms with Gasteiger partial charge < -0.3 is 0 Å². The Bertz CT molecular complexity index is 524. The topological polar surface area (TPSA) is 37.4 Å². The molecule has 1 saturated heterocycles. The minimum atomic E-state index is -3.30. The van der Waals surface area contributed by atoms with Gasteiger partial charge >= 0.3 is 0 Å². The van der Waals surface area contributed by atoms with Crippen LogP contribution in [0.4, 0.5) is 0 Å². The molecule has 3 rings (SSSR count). The lowest BCUT2D eigenvalue weighted by atomic mass is 9.79. The molecular weight excluding hydrogens is 258 g/mol. The van der Waals surface area contributed by atoms with E-state index in [1.54, 1.807) is 28.6 Å². The third-order valence-corrected chi connectivity index (χ3v) is 6.48. The first-order valence-corrected chi connectivity index (χ1v) is 8.70. The Morgan fingerprint density at radius 3 is 2.42 bits per heavy atom. The van der Waals surface area contributed by atoms with Gasteiger partial charge in [0.25, 0.3) is 0 Å². The Hall–Kier alpha value is -0.870. The van der Waals surface area contributed by atoms with E-state index < -0.39 is 10.0 Å². The lowest BCUT2D eigenvalue weighted by molar-refractivity contribution is 0.129.